The number of anilines is 3. The molecule has 10 nitrogen and oxygen atoms in total. The zero-order chi connectivity index (χ0) is 23.8. The number of aromatic nitrogens is 3. The lowest BCUT2D eigenvalue weighted by Crippen LogP contribution is -2.55. The molecule has 1 aromatic heterocycles. The van der Waals surface area contributed by atoms with Gasteiger partial charge in [0.1, 0.15) is 12.0 Å². The van der Waals surface area contributed by atoms with Crippen molar-refractivity contribution in [3.05, 3.63) is 71.3 Å². The third-order valence-electron chi connectivity index (χ3n) is 6.00. The molecule has 3 heterocycles. The predicted molar refractivity (Wildman–Crippen MR) is 128 cm³/mol. The minimum absolute atomic E-state index is 0.0160. The van der Waals surface area contributed by atoms with Crippen LogP contribution in [0.4, 0.5) is 22.0 Å². The van der Waals surface area contributed by atoms with Gasteiger partial charge in [-0.25, -0.2) is 9.82 Å². The predicted octanol–water partition coefficient (Wildman–Crippen LogP) is 2.64. The molecule has 11 heteroatoms. The van der Waals surface area contributed by atoms with Gasteiger partial charge in [-0.15, -0.1) is 0 Å². The van der Waals surface area contributed by atoms with Crippen molar-refractivity contribution in [1.82, 2.24) is 30.8 Å². The van der Waals surface area contributed by atoms with Crippen LogP contribution in [0.2, 0.25) is 0 Å². The summed E-state index contributed by atoms with van der Waals surface area (Å²) in [7, 11) is 0. The van der Waals surface area contributed by atoms with Crippen molar-refractivity contribution in [2.75, 3.05) is 11.1 Å². The van der Waals surface area contributed by atoms with Crippen LogP contribution in [-0.4, -0.2) is 43.7 Å². The van der Waals surface area contributed by atoms with E-state index >= 15 is 0 Å². The molecule has 3 unspecified atom stereocenters. The van der Waals surface area contributed by atoms with Gasteiger partial charge in [0.25, 0.3) is 0 Å². The van der Waals surface area contributed by atoms with E-state index in [2.05, 4.69) is 43.1 Å². The molecule has 0 spiro atoms. The quantitative estimate of drug-likeness (QED) is 0.391. The molecule has 2 aromatic carbocycles. The first-order chi connectivity index (χ1) is 16.4. The maximum atomic E-state index is 13.5. The van der Waals surface area contributed by atoms with E-state index in [0.29, 0.717) is 0 Å². The number of nitrogen functional groups attached to an aromatic ring is 1. The van der Waals surface area contributed by atoms with E-state index in [9.17, 15) is 4.39 Å². The lowest BCUT2D eigenvalue weighted by atomic mass is 9.89. The minimum atomic E-state index is -0.323. The van der Waals surface area contributed by atoms with E-state index in [1.165, 1.54) is 12.1 Å². The summed E-state index contributed by atoms with van der Waals surface area (Å²) in [5.41, 5.74) is 15.6. The van der Waals surface area contributed by atoms with Crippen LogP contribution in [0.1, 0.15) is 36.2 Å². The summed E-state index contributed by atoms with van der Waals surface area (Å²) in [6.07, 6.45) is 0.485. The minimum Gasteiger partial charge on any atom is -0.368 e. The third kappa shape index (κ3) is 4.01. The Morgan fingerprint density at radius 3 is 2.53 bits per heavy atom. The van der Waals surface area contributed by atoms with Gasteiger partial charge in [-0.2, -0.15) is 20.1 Å². The van der Waals surface area contributed by atoms with Gasteiger partial charge in [0.15, 0.2) is 17.4 Å². The Morgan fingerprint density at radius 2 is 1.82 bits per heavy atom. The first-order valence-corrected chi connectivity index (χ1v) is 11.0. The second kappa shape index (κ2) is 8.67. The summed E-state index contributed by atoms with van der Waals surface area (Å²) >= 11 is 0. The van der Waals surface area contributed by atoms with E-state index in [1.807, 2.05) is 31.2 Å². The number of hydrazine groups is 1. The molecule has 6 N–H and O–H groups in total. The van der Waals surface area contributed by atoms with Crippen LogP contribution in [0.15, 0.2) is 53.6 Å². The second-order valence-corrected chi connectivity index (χ2v) is 8.31. The second-order valence-electron chi connectivity index (χ2n) is 8.31. The van der Waals surface area contributed by atoms with E-state index in [4.69, 9.17) is 11.1 Å². The Bertz CT molecular complexity index is 1240. The van der Waals surface area contributed by atoms with Crippen molar-refractivity contribution in [1.29, 1.82) is 5.41 Å². The molecule has 34 heavy (non-hydrogen) atoms. The fraction of sp³-hybridized carbons (Fsp3) is 0.261. The molecule has 0 saturated carbocycles. The number of hydrogen-bond acceptors (Lipinski definition) is 9. The monoisotopic (exact) mass is 460 g/mol. The average molecular weight is 461 g/mol. The van der Waals surface area contributed by atoms with Crippen LogP contribution >= 0.6 is 0 Å². The molecule has 5 rings (SSSR count). The zero-order valence-corrected chi connectivity index (χ0v) is 18.7. The van der Waals surface area contributed by atoms with E-state index < -0.39 is 0 Å². The van der Waals surface area contributed by atoms with E-state index in [0.717, 1.165) is 23.2 Å². The van der Waals surface area contributed by atoms with Crippen LogP contribution in [0.25, 0.3) is 0 Å². The lowest BCUT2D eigenvalue weighted by molar-refractivity contribution is 0.254. The topological polar surface area (TPSA) is 140 Å². The molecule has 3 atom stereocenters. The molecule has 0 amide bonds. The van der Waals surface area contributed by atoms with Crippen molar-refractivity contribution in [2.24, 2.45) is 5.10 Å². The number of nitrogens with one attached hydrogen (secondary N) is 4. The fourth-order valence-corrected chi connectivity index (χ4v) is 4.28. The number of rotatable bonds is 5. The SMILES string of the molecule is CCC1NN2C(=N)C(c3nc(N)nc(Nc4ccc(C)cc4)n3)=NNC2C1c1ccc(F)cc1. The Kier molecular flexibility index (Phi) is 5.54. The first-order valence-electron chi connectivity index (χ1n) is 11.0. The van der Waals surface area contributed by atoms with Crippen molar-refractivity contribution < 1.29 is 4.39 Å². The van der Waals surface area contributed by atoms with Gasteiger partial charge in [0, 0.05) is 17.6 Å². The number of amidine groups is 1. The van der Waals surface area contributed by atoms with Crippen molar-refractivity contribution in [3.8, 4) is 0 Å². The van der Waals surface area contributed by atoms with E-state index in [-0.39, 0.29) is 53.2 Å². The molecule has 0 bridgehead atoms. The highest BCUT2D eigenvalue weighted by molar-refractivity contribution is 6.45. The standard InChI is InChI=1S/C23H25FN10/c1-3-16-17(13-6-8-14(24)9-7-13)21-32-31-18(19(25)34(21)33-16)20-28-22(26)30-23(29-20)27-15-10-4-12(2)5-11-15/h4-11,16-17,21,25,32-33H,3H2,1-2H3,(H3,26,27,28,29,30). The summed E-state index contributed by atoms with van der Waals surface area (Å²) in [5.74, 6) is 0.234. The number of nitrogens with zero attached hydrogens (tertiary/aromatic N) is 5. The summed E-state index contributed by atoms with van der Waals surface area (Å²) in [5, 5.41) is 18.1. The summed E-state index contributed by atoms with van der Waals surface area (Å²) < 4.78 is 13.5. The van der Waals surface area contributed by atoms with Gasteiger partial charge in [-0.05, 0) is 43.2 Å². The van der Waals surface area contributed by atoms with Crippen LogP contribution in [0, 0.1) is 18.2 Å². The molecule has 174 valence electrons. The Labute approximate surface area is 196 Å². The molecule has 2 aliphatic heterocycles. The first kappa shape index (κ1) is 21.7. The molecular formula is C23H25FN10. The van der Waals surface area contributed by atoms with Crippen molar-refractivity contribution in [2.45, 2.75) is 38.4 Å². The normalized spacial score (nSPS) is 21.6. The van der Waals surface area contributed by atoms with Gasteiger partial charge >= 0.3 is 0 Å². The smallest absolute Gasteiger partial charge is 0.232 e. The summed E-state index contributed by atoms with van der Waals surface area (Å²) in [6, 6.07) is 14.2. The molecule has 1 saturated heterocycles. The zero-order valence-electron chi connectivity index (χ0n) is 18.7. The van der Waals surface area contributed by atoms with Gasteiger partial charge in [-0.3, -0.25) is 15.8 Å². The highest BCUT2D eigenvalue weighted by Gasteiger charge is 2.46. The highest BCUT2D eigenvalue weighted by Crippen LogP contribution is 2.34. The third-order valence-corrected chi connectivity index (χ3v) is 6.00. The number of hydrazone groups is 1. The van der Waals surface area contributed by atoms with E-state index in [1.54, 1.807) is 17.1 Å². The van der Waals surface area contributed by atoms with Gasteiger partial charge in [-0.1, -0.05) is 36.8 Å². The van der Waals surface area contributed by atoms with Crippen LogP contribution in [0.3, 0.4) is 0 Å². The maximum Gasteiger partial charge on any atom is 0.232 e. The summed E-state index contributed by atoms with van der Waals surface area (Å²) in [4.78, 5) is 12.8. The average Bonchev–Trinajstić information content (AvgIpc) is 3.21. The number of hydrogen-bond donors (Lipinski definition) is 5. The Hall–Kier alpha value is -4.12. The molecular weight excluding hydrogens is 435 g/mol. The molecule has 1 fully saturated rings. The van der Waals surface area contributed by atoms with Crippen molar-refractivity contribution >= 4 is 29.1 Å². The number of nitrogens with two attached hydrogens (primary N) is 1. The molecule has 3 aromatic rings. The van der Waals surface area contributed by atoms with Crippen molar-refractivity contribution in [3.63, 3.8) is 0 Å². The molecule has 0 aliphatic carbocycles. The number of fused-ring (bicyclic) bond motifs is 1. The lowest BCUT2D eigenvalue weighted by Gasteiger charge is -2.32. The highest BCUT2D eigenvalue weighted by atomic mass is 19.1. The molecule has 2 aliphatic rings. The van der Waals surface area contributed by atoms with Gasteiger partial charge in [0.2, 0.25) is 11.9 Å². The number of benzene rings is 2. The number of halogens is 1. The molecule has 0 radical (unpaired) electrons. The van der Waals surface area contributed by atoms with Crippen LogP contribution < -0.4 is 21.9 Å². The largest absolute Gasteiger partial charge is 0.368 e. The maximum absolute atomic E-state index is 13.5. The van der Waals surface area contributed by atoms with Gasteiger partial charge < -0.3 is 11.1 Å². The van der Waals surface area contributed by atoms with Gasteiger partial charge in [0.05, 0.1) is 0 Å². The Morgan fingerprint density at radius 1 is 1.09 bits per heavy atom. The Balaban J connectivity index is 1.43. The fourth-order valence-electron chi connectivity index (χ4n) is 4.28. The van der Waals surface area contributed by atoms with Crippen LogP contribution in [-0.2, 0) is 0 Å². The summed E-state index contributed by atoms with van der Waals surface area (Å²) in [6.45, 7) is 4.07. The van der Waals surface area contributed by atoms with Crippen LogP contribution in [0.5, 0.6) is 0 Å². The number of aryl methyl sites for hydroxylation is 1.